The predicted molar refractivity (Wildman–Crippen MR) is 84.4 cm³/mol. The lowest BCUT2D eigenvalue weighted by Gasteiger charge is -2.31. The van der Waals surface area contributed by atoms with Gasteiger partial charge < -0.3 is 10.8 Å². The summed E-state index contributed by atoms with van der Waals surface area (Å²) in [5.41, 5.74) is 6.24. The fraction of sp³-hybridized carbons (Fsp3) is 0.625. The van der Waals surface area contributed by atoms with Crippen LogP contribution in [0.5, 0.6) is 0 Å². The molecule has 2 fully saturated rings. The van der Waals surface area contributed by atoms with Crippen LogP contribution in [0.2, 0.25) is 0 Å². The summed E-state index contributed by atoms with van der Waals surface area (Å²) in [7, 11) is -1.04. The van der Waals surface area contributed by atoms with Gasteiger partial charge in [0.1, 0.15) is 0 Å². The van der Waals surface area contributed by atoms with Crippen molar-refractivity contribution in [3.8, 4) is 0 Å². The normalized spacial score (nSPS) is 38.5. The molecule has 3 rings (SSSR count). The average molecular weight is 308 g/mol. The molecule has 1 aromatic carbocycles. The highest BCUT2D eigenvalue weighted by atomic mass is 32.2. The molecule has 0 spiro atoms. The molecular weight excluding hydrogens is 284 g/mol. The van der Waals surface area contributed by atoms with E-state index in [2.05, 4.69) is 4.36 Å². The van der Waals surface area contributed by atoms with Gasteiger partial charge in [0.15, 0.2) is 0 Å². The van der Waals surface area contributed by atoms with Crippen LogP contribution in [-0.4, -0.2) is 33.8 Å². The lowest BCUT2D eigenvalue weighted by Crippen LogP contribution is -2.41. The third-order valence-corrected chi connectivity index (χ3v) is 8.10. The van der Waals surface area contributed by atoms with Gasteiger partial charge in [0, 0.05) is 18.0 Å². The molecule has 2 saturated carbocycles. The number of hydrogen-bond donors (Lipinski definition) is 2. The number of fused-ring (bicyclic) bond motifs is 1. The van der Waals surface area contributed by atoms with Crippen molar-refractivity contribution >= 4 is 9.73 Å². The maximum atomic E-state index is 13.6. The Hall–Kier alpha value is -0.910. The van der Waals surface area contributed by atoms with Crippen molar-refractivity contribution in [3.05, 3.63) is 30.3 Å². The van der Waals surface area contributed by atoms with E-state index >= 15 is 0 Å². The summed E-state index contributed by atoms with van der Waals surface area (Å²) in [6, 6.07) is 9.08. The summed E-state index contributed by atoms with van der Waals surface area (Å²) < 4.78 is 17.8. The summed E-state index contributed by atoms with van der Waals surface area (Å²) in [5.74, 6) is 0.505. The van der Waals surface area contributed by atoms with E-state index in [1.54, 1.807) is 7.05 Å². The van der Waals surface area contributed by atoms with Gasteiger partial charge >= 0.3 is 0 Å². The molecule has 116 valence electrons. The van der Waals surface area contributed by atoms with Crippen LogP contribution in [0.4, 0.5) is 0 Å². The van der Waals surface area contributed by atoms with Crippen molar-refractivity contribution in [2.75, 3.05) is 7.05 Å². The molecule has 0 heterocycles. The van der Waals surface area contributed by atoms with Crippen LogP contribution in [0, 0.1) is 11.8 Å². The highest BCUT2D eigenvalue weighted by Gasteiger charge is 2.53. The van der Waals surface area contributed by atoms with Gasteiger partial charge in [-0.3, -0.25) is 0 Å². The van der Waals surface area contributed by atoms with Crippen molar-refractivity contribution in [1.82, 2.24) is 0 Å². The fourth-order valence-corrected chi connectivity index (χ4v) is 6.91. The Morgan fingerprint density at radius 2 is 1.81 bits per heavy atom. The topological polar surface area (TPSA) is 75.7 Å². The smallest absolute Gasteiger partial charge is 0.0852 e. The number of aliphatic hydroxyl groups excluding tert-OH is 1. The Labute approximate surface area is 126 Å². The molecule has 21 heavy (non-hydrogen) atoms. The van der Waals surface area contributed by atoms with Gasteiger partial charge in [-0.25, -0.2) is 8.57 Å². The summed E-state index contributed by atoms with van der Waals surface area (Å²) in [6.45, 7) is 0. The molecule has 2 aliphatic rings. The third-order valence-electron chi connectivity index (χ3n) is 5.24. The molecule has 0 radical (unpaired) electrons. The maximum absolute atomic E-state index is 13.6. The number of nitrogens with two attached hydrogens (primary N) is 1. The molecule has 0 aliphatic heterocycles. The van der Waals surface area contributed by atoms with Crippen molar-refractivity contribution in [2.24, 2.45) is 21.9 Å². The minimum absolute atomic E-state index is 0.222. The standard InChI is InChI=1S/C16H24N2O2S/c1-18-21(20,11-7-3-2-4-8-11)16-13-10-6-5-9-12(13)14(17)15(16)19/h2-4,7-8,12-16,19H,5-6,9-10,17H2,1H3/t12-,13+,14+,15-,16-,21-/m1/s1. The molecule has 0 unspecified atom stereocenters. The van der Waals surface area contributed by atoms with Gasteiger partial charge in [-0.05, 0) is 36.8 Å². The van der Waals surface area contributed by atoms with E-state index < -0.39 is 15.8 Å². The summed E-state index contributed by atoms with van der Waals surface area (Å²) in [6.07, 6.45) is 3.59. The zero-order valence-electron chi connectivity index (χ0n) is 12.4. The van der Waals surface area contributed by atoms with Gasteiger partial charge in [-0.15, -0.1) is 0 Å². The van der Waals surface area contributed by atoms with E-state index in [1.807, 2.05) is 30.3 Å². The number of nitrogens with zero attached hydrogens (tertiary/aromatic N) is 1. The number of aliphatic hydroxyl groups is 1. The predicted octanol–water partition coefficient (Wildman–Crippen LogP) is 2.02. The minimum atomic E-state index is -2.64. The Balaban J connectivity index is 2.07. The van der Waals surface area contributed by atoms with Crippen LogP contribution in [-0.2, 0) is 9.73 Å². The Bertz CT molecular complexity index is 610. The quantitative estimate of drug-likeness (QED) is 0.877. The first-order chi connectivity index (χ1) is 10.1. The van der Waals surface area contributed by atoms with Crippen LogP contribution in [0.3, 0.4) is 0 Å². The molecule has 0 bridgehead atoms. The van der Waals surface area contributed by atoms with Gasteiger partial charge in [0.2, 0.25) is 0 Å². The Morgan fingerprint density at radius 3 is 2.43 bits per heavy atom. The van der Waals surface area contributed by atoms with E-state index in [-0.39, 0.29) is 23.1 Å². The molecule has 4 nitrogen and oxygen atoms in total. The highest BCUT2D eigenvalue weighted by Crippen LogP contribution is 2.46. The third kappa shape index (κ3) is 2.31. The second-order valence-electron chi connectivity index (χ2n) is 6.21. The molecule has 0 amide bonds. The van der Waals surface area contributed by atoms with Crippen LogP contribution in [0.15, 0.2) is 39.6 Å². The van der Waals surface area contributed by atoms with E-state index in [9.17, 15) is 9.32 Å². The lowest BCUT2D eigenvalue weighted by atomic mass is 9.80. The second-order valence-corrected chi connectivity index (χ2v) is 8.73. The van der Waals surface area contributed by atoms with Crippen LogP contribution >= 0.6 is 0 Å². The van der Waals surface area contributed by atoms with E-state index in [4.69, 9.17) is 5.73 Å². The number of benzene rings is 1. The van der Waals surface area contributed by atoms with E-state index in [1.165, 1.54) is 0 Å². The molecule has 0 aromatic heterocycles. The Morgan fingerprint density at radius 1 is 1.19 bits per heavy atom. The van der Waals surface area contributed by atoms with Crippen molar-refractivity contribution in [3.63, 3.8) is 0 Å². The minimum Gasteiger partial charge on any atom is -0.390 e. The molecule has 0 saturated heterocycles. The zero-order chi connectivity index (χ0) is 15.0. The molecule has 3 N–H and O–H groups in total. The summed E-state index contributed by atoms with van der Waals surface area (Å²) >= 11 is 0. The number of rotatable bonds is 2. The SMILES string of the molecule is CN=[S@@](=O)(c1ccccc1)[C@H]1[C@H](O)[C@@H](N)[C@@H]2CCCC[C@@H]21. The van der Waals surface area contributed by atoms with Gasteiger partial charge in [-0.2, -0.15) is 0 Å². The largest absolute Gasteiger partial charge is 0.390 e. The molecule has 5 heteroatoms. The number of hydrogen-bond acceptors (Lipinski definition) is 4. The van der Waals surface area contributed by atoms with Crippen LogP contribution < -0.4 is 5.73 Å². The van der Waals surface area contributed by atoms with E-state index in [0.29, 0.717) is 0 Å². The van der Waals surface area contributed by atoms with Crippen molar-refractivity contribution < 1.29 is 9.32 Å². The maximum Gasteiger partial charge on any atom is 0.0852 e. The highest BCUT2D eigenvalue weighted by molar-refractivity contribution is 7.94. The average Bonchev–Trinajstić information content (AvgIpc) is 2.80. The summed E-state index contributed by atoms with van der Waals surface area (Å²) in [4.78, 5) is 0.718. The molecule has 6 atom stereocenters. The van der Waals surface area contributed by atoms with Crippen molar-refractivity contribution in [2.45, 2.75) is 48.0 Å². The zero-order valence-corrected chi connectivity index (χ0v) is 13.2. The van der Waals surface area contributed by atoms with Gasteiger partial charge in [-0.1, -0.05) is 31.0 Å². The second kappa shape index (κ2) is 5.71. The first kappa shape index (κ1) is 15.0. The first-order valence-corrected chi connectivity index (χ1v) is 9.30. The van der Waals surface area contributed by atoms with E-state index in [0.717, 1.165) is 30.6 Å². The first-order valence-electron chi connectivity index (χ1n) is 7.72. The van der Waals surface area contributed by atoms with Crippen molar-refractivity contribution in [1.29, 1.82) is 0 Å². The monoisotopic (exact) mass is 308 g/mol. The molecular formula is C16H24N2O2S. The summed E-state index contributed by atoms with van der Waals surface area (Å²) in [5, 5.41) is 10.3. The van der Waals surface area contributed by atoms with Gasteiger partial charge in [0.05, 0.1) is 21.1 Å². The molecule has 2 aliphatic carbocycles. The Kier molecular flexibility index (Phi) is 4.08. The lowest BCUT2D eigenvalue weighted by molar-refractivity contribution is 0.157. The van der Waals surface area contributed by atoms with Crippen LogP contribution in [0.25, 0.3) is 0 Å². The molecule has 1 aromatic rings. The van der Waals surface area contributed by atoms with Gasteiger partial charge in [0.25, 0.3) is 0 Å². The van der Waals surface area contributed by atoms with Crippen LogP contribution in [0.1, 0.15) is 25.7 Å². The fourth-order valence-electron chi connectivity index (χ4n) is 4.23.